The third kappa shape index (κ3) is 2.87. The summed E-state index contributed by atoms with van der Waals surface area (Å²) < 4.78 is 37.6. The normalized spacial score (nSPS) is 13.9. The van der Waals surface area contributed by atoms with Crippen LogP contribution >= 0.6 is 11.6 Å². The lowest BCUT2D eigenvalue weighted by atomic mass is 10.0. The number of hydrogen-bond donors (Lipinski definition) is 2. The summed E-state index contributed by atoms with van der Waals surface area (Å²) in [6.07, 6.45) is -4.07. The molecule has 0 saturated carbocycles. The average molecular weight is 253 g/mol. The Kier molecular flexibility index (Phi) is 4.18. The van der Waals surface area contributed by atoms with Gasteiger partial charge in [-0.05, 0) is 24.6 Å². The maximum absolute atomic E-state index is 12.5. The molecule has 0 aliphatic rings. The van der Waals surface area contributed by atoms with Gasteiger partial charge in [-0.15, -0.1) is 0 Å². The molecule has 0 aliphatic carbocycles. The Balaban J connectivity index is 3.14. The second-order valence-electron chi connectivity index (χ2n) is 3.39. The Bertz CT molecular complexity index is 366. The first kappa shape index (κ1) is 13.3. The Morgan fingerprint density at radius 1 is 1.31 bits per heavy atom. The van der Waals surface area contributed by atoms with Crippen LogP contribution in [0.5, 0.6) is 0 Å². The van der Waals surface area contributed by atoms with E-state index in [-0.39, 0.29) is 10.6 Å². The zero-order chi connectivity index (χ0) is 12.3. The van der Waals surface area contributed by atoms with E-state index < -0.39 is 17.8 Å². The monoisotopic (exact) mass is 252 g/mol. The lowest BCUT2D eigenvalue weighted by Crippen LogP contribution is -2.17. The van der Waals surface area contributed by atoms with Crippen molar-refractivity contribution in [2.24, 2.45) is 11.5 Å². The highest BCUT2D eigenvalue weighted by Gasteiger charge is 2.34. The Hall–Kier alpha value is -0.780. The second-order valence-corrected chi connectivity index (χ2v) is 3.77. The molecular formula is C10H12ClF3N2. The standard InChI is InChI=1S/C10H12ClF3N2/c11-9-6(8(16)4-5-15)2-1-3-7(9)10(12,13)14/h1-3,8H,4-5,15-16H2/t8-/m0/s1. The SMILES string of the molecule is NCC[C@H](N)c1cccc(C(F)(F)F)c1Cl. The van der Waals surface area contributed by atoms with Crippen LogP contribution in [0, 0.1) is 0 Å². The minimum atomic E-state index is -4.46. The Morgan fingerprint density at radius 3 is 2.44 bits per heavy atom. The molecule has 1 atom stereocenters. The van der Waals surface area contributed by atoms with Crippen LogP contribution in [0.1, 0.15) is 23.6 Å². The van der Waals surface area contributed by atoms with Crippen molar-refractivity contribution in [3.63, 3.8) is 0 Å². The van der Waals surface area contributed by atoms with E-state index in [4.69, 9.17) is 23.1 Å². The summed E-state index contributed by atoms with van der Waals surface area (Å²) >= 11 is 5.68. The summed E-state index contributed by atoms with van der Waals surface area (Å²) in [5, 5.41) is -0.337. The van der Waals surface area contributed by atoms with Crippen LogP contribution in [0.3, 0.4) is 0 Å². The van der Waals surface area contributed by atoms with Gasteiger partial charge in [0, 0.05) is 6.04 Å². The van der Waals surface area contributed by atoms with Crippen molar-refractivity contribution < 1.29 is 13.2 Å². The van der Waals surface area contributed by atoms with Gasteiger partial charge in [0.1, 0.15) is 0 Å². The first-order chi connectivity index (χ1) is 7.38. The molecule has 1 rings (SSSR count). The van der Waals surface area contributed by atoms with Gasteiger partial charge in [-0.2, -0.15) is 13.2 Å². The Labute approximate surface area is 96.4 Å². The fourth-order valence-electron chi connectivity index (χ4n) is 1.39. The van der Waals surface area contributed by atoms with Crippen molar-refractivity contribution in [1.29, 1.82) is 0 Å². The van der Waals surface area contributed by atoms with Crippen molar-refractivity contribution >= 4 is 11.6 Å². The molecule has 0 bridgehead atoms. The fourth-order valence-corrected chi connectivity index (χ4v) is 1.76. The largest absolute Gasteiger partial charge is 0.417 e. The van der Waals surface area contributed by atoms with Gasteiger partial charge in [-0.1, -0.05) is 23.7 Å². The molecule has 0 amide bonds. The van der Waals surface area contributed by atoms with Gasteiger partial charge in [-0.25, -0.2) is 0 Å². The summed E-state index contributed by atoms with van der Waals surface area (Å²) in [5.74, 6) is 0. The minimum Gasteiger partial charge on any atom is -0.330 e. The van der Waals surface area contributed by atoms with Crippen LogP contribution in [0.15, 0.2) is 18.2 Å². The molecule has 0 radical (unpaired) electrons. The molecule has 0 spiro atoms. The average Bonchev–Trinajstić information content (AvgIpc) is 2.16. The number of rotatable bonds is 3. The van der Waals surface area contributed by atoms with Crippen molar-refractivity contribution in [1.82, 2.24) is 0 Å². The highest BCUT2D eigenvalue weighted by Crippen LogP contribution is 2.37. The van der Waals surface area contributed by atoms with Gasteiger partial charge < -0.3 is 11.5 Å². The molecule has 0 unspecified atom stereocenters. The van der Waals surface area contributed by atoms with E-state index in [1.165, 1.54) is 12.1 Å². The second kappa shape index (κ2) is 5.03. The minimum absolute atomic E-state index is 0.280. The fraction of sp³-hybridized carbons (Fsp3) is 0.400. The van der Waals surface area contributed by atoms with Crippen molar-refractivity contribution in [3.8, 4) is 0 Å². The number of alkyl halides is 3. The van der Waals surface area contributed by atoms with Crippen molar-refractivity contribution in [2.75, 3.05) is 6.54 Å². The third-order valence-corrected chi connectivity index (χ3v) is 2.63. The molecule has 2 nitrogen and oxygen atoms in total. The summed E-state index contributed by atoms with van der Waals surface area (Å²) in [6, 6.07) is 3.14. The molecule has 16 heavy (non-hydrogen) atoms. The van der Waals surface area contributed by atoms with E-state index in [9.17, 15) is 13.2 Å². The quantitative estimate of drug-likeness (QED) is 0.869. The van der Waals surface area contributed by atoms with Crippen molar-refractivity contribution in [2.45, 2.75) is 18.6 Å². The molecule has 0 heterocycles. The summed E-state index contributed by atoms with van der Waals surface area (Å²) in [5.41, 5.74) is 10.4. The first-order valence-electron chi connectivity index (χ1n) is 4.69. The molecule has 4 N–H and O–H groups in total. The lowest BCUT2D eigenvalue weighted by molar-refractivity contribution is -0.137. The topological polar surface area (TPSA) is 52.0 Å². The van der Waals surface area contributed by atoms with Gasteiger partial charge >= 0.3 is 6.18 Å². The summed E-state index contributed by atoms with van der Waals surface area (Å²) in [4.78, 5) is 0. The van der Waals surface area contributed by atoms with Crippen molar-refractivity contribution in [3.05, 3.63) is 34.3 Å². The van der Waals surface area contributed by atoms with E-state index in [1.807, 2.05) is 0 Å². The predicted octanol–water partition coefficient (Wildman–Crippen LogP) is 2.71. The maximum atomic E-state index is 12.5. The van der Waals surface area contributed by atoms with E-state index in [2.05, 4.69) is 0 Å². The van der Waals surface area contributed by atoms with Gasteiger partial charge in [0.25, 0.3) is 0 Å². The maximum Gasteiger partial charge on any atom is 0.417 e. The molecule has 0 fully saturated rings. The lowest BCUT2D eigenvalue weighted by Gasteiger charge is -2.16. The number of hydrogen-bond acceptors (Lipinski definition) is 2. The van der Waals surface area contributed by atoms with Crippen LogP contribution in [-0.4, -0.2) is 6.54 Å². The van der Waals surface area contributed by atoms with E-state index in [1.54, 1.807) is 0 Å². The first-order valence-corrected chi connectivity index (χ1v) is 5.07. The molecule has 1 aromatic rings. The third-order valence-electron chi connectivity index (χ3n) is 2.21. The smallest absolute Gasteiger partial charge is 0.330 e. The highest BCUT2D eigenvalue weighted by molar-refractivity contribution is 6.32. The van der Waals surface area contributed by atoms with Gasteiger partial charge in [0.05, 0.1) is 10.6 Å². The number of nitrogens with two attached hydrogens (primary N) is 2. The molecule has 90 valence electrons. The van der Waals surface area contributed by atoms with Crippen LogP contribution in [0.4, 0.5) is 13.2 Å². The van der Waals surface area contributed by atoms with E-state index >= 15 is 0 Å². The number of halogens is 4. The molecule has 6 heteroatoms. The van der Waals surface area contributed by atoms with E-state index in [0.29, 0.717) is 13.0 Å². The summed E-state index contributed by atoms with van der Waals surface area (Å²) in [7, 11) is 0. The van der Waals surface area contributed by atoms with E-state index in [0.717, 1.165) is 6.07 Å². The summed E-state index contributed by atoms with van der Waals surface area (Å²) in [6.45, 7) is 0.299. The highest BCUT2D eigenvalue weighted by atomic mass is 35.5. The van der Waals surface area contributed by atoms with Gasteiger partial charge in [0.2, 0.25) is 0 Å². The molecule has 0 saturated heterocycles. The molecular weight excluding hydrogens is 241 g/mol. The van der Waals surface area contributed by atoms with Gasteiger partial charge in [-0.3, -0.25) is 0 Å². The molecule has 0 aromatic heterocycles. The Morgan fingerprint density at radius 2 is 1.94 bits per heavy atom. The molecule has 1 aromatic carbocycles. The van der Waals surface area contributed by atoms with Crippen LogP contribution < -0.4 is 11.5 Å². The zero-order valence-electron chi connectivity index (χ0n) is 8.39. The van der Waals surface area contributed by atoms with Crippen LogP contribution in [-0.2, 0) is 6.18 Å². The number of benzene rings is 1. The van der Waals surface area contributed by atoms with Gasteiger partial charge in [0.15, 0.2) is 0 Å². The van der Waals surface area contributed by atoms with Crippen LogP contribution in [0.25, 0.3) is 0 Å². The zero-order valence-corrected chi connectivity index (χ0v) is 9.15. The van der Waals surface area contributed by atoms with Crippen LogP contribution in [0.2, 0.25) is 5.02 Å². The molecule has 0 aliphatic heterocycles. The predicted molar refractivity (Wildman–Crippen MR) is 57.1 cm³/mol.